The lowest BCUT2D eigenvalue weighted by molar-refractivity contribution is 0.0735. The third-order valence-corrected chi connectivity index (χ3v) is 9.27. The third-order valence-electron chi connectivity index (χ3n) is 8.17. The molecule has 0 radical (unpaired) electrons. The van der Waals surface area contributed by atoms with Gasteiger partial charge in [-0.05, 0) is 78.1 Å². The van der Waals surface area contributed by atoms with Crippen molar-refractivity contribution in [1.82, 2.24) is 9.97 Å². The minimum Gasteiger partial charge on any atom is -0.423 e. The van der Waals surface area contributed by atoms with E-state index in [-0.39, 0.29) is 5.97 Å². The van der Waals surface area contributed by atoms with Crippen molar-refractivity contribution in [1.29, 1.82) is 0 Å². The molecule has 0 aliphatic rings. The fraction of sp³-hybridized carbons (Fsp3) is 0.425. The van der Waals surface area contributed by atoms with Gasteiger partial charge in [-0.15, -0.1) is 11.8 Å². The molecule has 4 aromatic rings. The van der Waals surface area contributed by atoms with Crippen LogP contribution in [0, 0.1) is 0 Å². The van der Waals surface area contributed by atoms with Crippen molar-refractivity contribution >= 4 is 17.7 Å². The van der Waals surface area contributed by atoms with E-state index in [0.29, 0.717) is 17.1 Å². The minimum absolute atomic E-state index is 0.382. The van der Waals surface area contributed by atoms with E-state index in [4.69, 9.17) is 4.74 Å². The SMILES string of the molecule is CCCCCCCCCc1cnc(-c2ccc(C(=O)Oc3ccc(-c4ccc(SCCCCCCCC)cc4)cc3)cc2)nc1. The summed E-state index contributed by atoms with van der Waals surface area (Å²) >= 11 is 1.94. The van der Waals surface area contributed by atoms with Crippen molar-refractivity contribution in [3.63, 3.8) is 0 Å². The number of carbonyl (C=O) groups is 1. The summed E-state index contributed by atoms with van der Waals surface area (Å²) in [7, 11) is 0. The first kappa shape index (κ1) is 34.4. The Kier molecular flexibility index (Phi) is 15.2. The molecule has 0 bridgehead atoms. The van der Waals surface area contributed by atoms with Crippen LogP contribution in [0.25, 0.3) is 22.5 Å². The van der Waals surface area contributed by atoms with Crippen molar-refractivity contribution in [3.05, 3.63) is 96.3 Å². The van der Waals surface area contributed by atoms with Gasteiger partial charge in [0, 0.05) is 22.9 Å². The molecule has 4 rings (SSSR count). The molecule has 0 fully saturated rings. The fourth-order valence-electron chi connectivity index (χ4n) is 5.37. The summed E-state index contributed by atoms with van der Waals surface area (Å²) in [6.45, 7) is 4.51. The highest BCUT2D eigenvalue weighted by molar-refractivity contribution is 7.99. The van der Waals surface area contributed by atoms with E-state index in [1.54, 1.807) is 12.1 Å². The topological polar surface area (TPSA) is 52.1 Å². The largest absolute Gasteiger partial charge is 0.423 e. The monoisotopic (exact) mass is 622 g/mol. The minimum atomic E-state index is -0.382. The molecule has 0 aliphatic heterocycles. The van der Waals surface area contributed by atoms with Crippen LogP contribution in [0.5, 0.6) is 5.75 Å². The Morgan fingerprint density at radius 2 is 1.11 bits per heavy atom. The molecule has 0 N–H and O–H groups in total. The van der Waals surface area contributed by atoms with Crippen LogP contribution in [0.15, 0.2) is 90.1 Å². The molecule has 0 saturated carbocycles. The summed E-state index contributed by atoms with van der Waals surface area (Å²) in [6.07, 6.45) is 22.0. The molecule has 1 heterocycles. The first-order valence-electron chi connectivity index (χ1n) is 17.1. The van der Waals surface area contributed by atoms with Gasteiger partial charge in [0.15, 0.2) is 5.82 Å². The Balaban J connectivity index is 1.20. The number of hydrogen-bond acceptors (Lipinski definition) is 5. The number of carbonyl (C=O) groups excluding carboxylic acids is 1. The first-order chi connectivity index (χ1) is 22.2. The predicted octanol–water partition coefficient (Wildman–Crippen LogP) is 11.8. The van der Waals surface area contributed by atoms with E-state index in [0.717, 1.165) is 23.1 Å². The van der Waals surface area contributed by atoms with E-state index >= 15 is 0 Å². The Morgan fingerprint density at radius 1 is 0.600 bits per heavy atom. The lowest BCUT2D eigenvalue weighted by Crippen LogP contribution is -2.08. The summed E-state index contributed by atoms with van der Waals surface area (Å²) in [5, 5.41) is 0. The number of unbranched alkanes of at least 4 members (excludes halogenated alkanes) is 11. The van der Waals surface area contributed by atoms with Crippen LogP contribution < -0.4 is 4.74 Å². The number of esters is 1. The van der Waals surface area contributed by atoms with Crippen molar-refractivity contribution in [2.24, 2.45) is 0 Å². The van der Waals surface area contributed by atoms with Crippen LogP contribution in [0.1, 0.15) is 113 Å². The quantitative estimate of drug-likeness (QED) is 0.0425. The molecular weight excluding hydrogens is 573 g/mol. The Labute approximate surface area is 275 Å². The van der Waals surface area contributed by atoms with E-state index in [1.165, 1.54) is 99.7 Å². The van der Waals surface area contributed by atoms with Gasteiger partial charge in [0.2, 0.25) is 0 Å². The third kappa shape index (κ3) is 12.1. The molecule has 1 aromatic heterocycles. The summed E-state index contributed by atoms with van der Waals surface area (Å²) in [6, 6.07) is 23.7. The van der Waals surface area contributed by atoms with Gasteiger partial charge in [-0.3, -0.25) is 0 Å². The molecule has 238 valence electrons. The van der Waals surface area contributed by atoms with Crippen LogP contribution >= 0.6 is 11.8 Å². The van der Waals surface area contributed by atoms with Crippen molar-refractivity contribution < 1.29 is 9.53 Å². The Morgan fingerprint density at radius 3 is 1.71 bits per heavy atom. The number of aromatic nitrogens is 2. The average Bonchev–Trinajstić information content (AvgIpc) is 3.08. The second kappa shape index (κ2) is 19.8. The maximum atomic E-state index is 12.8. The van der Waals surface area contributed by atoms with E-state index in [9.17, 15) is 4.79 Å². The highest BCUT2D eigenvalue weighted by atomic mass is 32.2. The highest BCUT2D eigenvalue weighted by Gasteiger charge is 2.11. The van der Waals surface area contributed by atoms with Crippen LogP contribution in [-0.4, -0.2) is 21.7 Å². The zero-order valence-corrected chi connectivity index (χ0v) is 28.1. The van der Waals surface area contributed by atoms with Gasteiger partial charge < -0.3 is 4.74 Å². The summed E-state index contributed by atoms with van der Waals surface area (Å²) in [5.74, 6) is 1.98. The van der Waals surface area contributed by atoms with Gasteiger partial charge in [-0.1, -0.05) is 121 Å². The maximum Gasteiger partial charge on any atom is 0.343 e. The average molecular weight is 623 g/mol. The standard InChI is InChI=1S/C40H50N2O2S/c1-3-5-7-9-11-12-14-16-32-30-41-39(42-31-32)35-17-19-36(20-18-35)40(43)44-37-25-21-33(22-26-37)34-23-27-38(28-24-34)45-29-15-13-10-8-6-4-2/h17-28,30-31H,3-16,29H2,1-2H3. The molecule has 0 amide bonds. The number of ether oxygens (including phenoxy) is 1. The number of aryl methyl sites for hydroxylation is 1. The summed E-state index contributed by atoms with van der Waals surface area (Å²) in [4.78, 5) is 23.3. The lowest BCUT2D eigenvalue weighted by atomic mass is 10.1. The molecule has 0 spiro atoms. The zero-order chi connectivity index (χ0) is 31.5. The van der Waals surface area contributed by atoms with Gasteiger partial charge in [0.1, 0.15) is 5.75 Å². The molecular formula is C40H50N2O2S. The highest BCUT2D eigenvalue weighted by Crippen LogP contribution is 2.27. The number of hydrogen-bond donors (Lipinski definition) is 0. The van der Waals surface area contributed by atoms with Crippen LogP contribution in [0.2, 0.25) is 0 Å². The van der Waals surface area contributed by atoms with Gasteiger partial charge in [0.25, 0.3) is 0 Å². The zero-order valence-electron chi connectivity index (χ0n) is 27.3. The summed E-state index contributed by atoms with van der Waals surface area (Å²) < 4.78 is 5.66. The van der Waals surface area contributed by atoms with Crippen molar-refractivity contribution in [3.8, 4) is 28.3 Å². The Bertz CT molecular complexity index is 1380. The second-order valence-corrected chi connectivity index (χ2v) is 13.1. The number of nitrogens with zero attached hydrogens (tertiary/aromatic N) is 2. The van der Waals surface area contributed by atoms with Gasteiger partial charge in [0.05, 0.1) is 5.56 Å². The molecule has 45 heavy (non-hydrogen) atoms. The molecule has 0 atom stereocenters. The van der Waals surface area contributed by atoms with Crippen LogP contribution in [-0.2, 0) is 6.42 Å². The lowest BCUT2D eigenvalue weighted by Gasteiger charge is -2.08. The van der Waals surface area contributed by atoms with Gasteiger partial charge >= 0.3 is 5.97 Å². The molecule has 4 nitrogen and oxygen atoms in total. The van der Waals surface area contributed by atoms with E-state index in [2.05, 4.69) is 48.1 Å². The van der Waals surface area contributed by atoms with Crippen molar-refractivity contribution in [2.45, 2.75) is 109 Å². The van der Waals surface area contributed by atoms with Crippen LogP contribution in [0.4, 0.5) is 0 Å². The summed E-state index contributed by atoms with van der Waals surface area (Å²) in [5.41, 5.74) is 4.80. The molecule has 0 aliphatic carbocycles. The van der Waals surface area contributed by atoms with E-state index < -0.39 is 0 Å². The van der Waals surface area contributed by atoms with Crippen LogP contribution in [0.3, 0.4) is 0 Å². The Hall–Kier alpha value is -3.44. The fourth-order valence-corrected chi connectivity index (χ4v) is 6.28. The molecule has 0 saturated heterocycles. The number of thioether (sulfide) groups is 1. The first-order valence-corrected chi connectivity index (χ1v) is 18.1. The maximum absolute atomic E-state index is 12.8. The normalized spacial score (nSPS) is 11.1. The molecule has 5 heteroatoms. The number of rotatable bonds is 20. The smallest absolute Gasteiger partial charge is 0.343 e. The predicted molar refractivity (Wildman–Crippen MR) is 190 cm³/mol. The molecule has 3 aromatic carbocycles. The molecule has 0 unspecified atom stereocenters. The van der Waals surface area contributed by atoms with Crippen molar-refractivity contribution in [2.75, 3.05) is 5.75 Å². The second-order valence-electron chi connectivity index (χ2n) is 11.9. The number of benzene rings is 3. The van der Waals surface area contributed by atoms with Gasteiger partial charge in [-0.2, -0.15) is 0 Å². The van der Waals surface area contributed by atoms with Gasteiger partial charge in [-0.25, -0.2) is 14.8 Å². The van der Waals surface area contributed by atoms with E-state index in [1.807, 2.05) is 60.6 Å².